The summed E-state index contributed by atoms with van der Waals surface area (Å²) in [7, 11) is -3.49. The van der Waals surface area contributed by atoms with Crippen LogP contribution in [0.3, 0.4) is 0 Å². The molecule has 1 aliphatic rings. The van der Waals surface area contributed by atoms with Crippen LogP contribution >= 0.6 is 27.5 Å². The third-order valence-electron chi connectivity index (χ3n) is 2.79. The average molecular weight is 386 g/mol. The molecule has 0 amide bonds. The summed E-state index contributed by atoms with van der Waals surface area (Å²) >= 11 is 9.22. The Morgan fingerprint density at radius 2 is 2.10 bits per heavy atom. The fraction of sp³-hybridized carbons (Fsp3) is 0.500. The molecule has 20 heavy (non-hydrogen) atoms. The van der Waals surface area contributed by atoms with E-state index in [0.717, 1.165) is 11.8 Å². The van der Waals surface area contributed by atoms with E-state index in [1.165, 1.54) is 0 Å². The van der Waals surface area contributed by atoms with Gasteiger partial charge < -0.3 is 9.47 Å². The summed E-state index contributed by atoms with van der Waals surface area (Å²) in [5.74, 6) is -0.948. The molecule has 0 aromatic heterocycles. The quantitative estimate of drug-likeness (QED) is 0.575. The number of hydrogen-bond acceptors (Lipinski definition) is 5. The second-order valence-corrected chi connectivity index (χ2v) is 7.07. The number of rotatable bonds is 5. The zero-order chi connectivity index (χ0) is 14.8. The van der Waals surface area contributed by atoms with Crippen molar-refractivity contribution in [1.82, 2.24) is 0 Å². The number of alkyl halides is 1. The topological polar surface area (TPSA) is 61.8 Å². The average Bonchev–Trinajstić information content (AvgIpc) is 2.81. The molecule has 1 aliphatic heterocycles. The van der Waals surface area contributed by atoms with Gasteiger partial charge in [0.25, 0.3) is 10.1 Å². The van der Waals surface area contributed by atoms with Crippen molar-refractivity contribution in [2.75, 3.05) is 24.8 Å². The highest BCUT2D eigenvalue weighted by atomic mass is 79.9. The SMILES string of the molecule is CS(=O)(=O)OC[C@@H]1CO[C@](CBr)(c2ccc(Cl)cc2)O1. The van der Waals surface area contributed by atoms with Gasteiger partial charge in [-0.15, -0.1) is 0 Å². The molecule has 0 bridgehead atoms. The molecule has 5 nitrogen and oxygen atoms in total. The monoisotopic (exact) mass is 384 g/mol. The maximum absolute atomic E-state index is 11.0. The van der Waals surface area contributed by atoms with Crippen LogP contribution in [0, 0.1) is 0 Å². The summed E-state index contributed by atoms with van der Waals surface area (Å²) in [6, 6.07) is 7.11. The van der Waals surface area contributed by atoms with Gasteiger partial charge in [0.2, 0.25) is 5.79 Å². The molecule has 1 aromatic rings. The third-order valence-corrected chi connectivity index (χ3v) is 4.34. The molecular weight excluding hydrogens is 372 g/mol. The molecule has 0 aliphatic carbocycles. The van der Waals surface area contributed by atoms with Crippen LogP contribution in [0.4, 0.5) is 0 Å². The summed E-state index contributed by atoms with van der Waals surface area (Å²) < 4.78 is 38.2. The predicted octanol–water partition coefficient (Wildman–Crippen LogP) is 2.28. The van der Waals surface area contributed by atoms with Crippen LogP contribution in [0.15, 0.2) is 24.3 Å². The van der Waals surface area contributed by atoms with Gasteiger partial charge in [-0.05, 0) is 12.1 Å². The van der Waals surface area contributed by atoms with E-state index in [1.807, 2.05) is 12.1 Å². The molecule has 1 fully saturated rings. The van der Waals surface area contributed by atoms with Crippen LogP contribution in [0.2, 0.25) is 5.02 Å². The highest BCUT2D eigenvalue weighted by molar-refractivity contribution is 9.09. The Morgan fingerprint density at radius 1 is 1.45 bits per heavy atom. The summed E-state index contributed by atoms with van der Waals surface area (Å²) in [5.41, 5.74) is 0.806. The van der Waals surface area contributed by atoms with Crippen molar-refractivity contribution in [2.24, 2.45) is 0 Å². The highest BCUT2D eigenvalue weighted by Gasteiger charge is 2.42. The minimum absolute atomic E-state index is 0.0683. The first-order valence-corrected chi connectivity index (χ1v) is 9.14. The lowest BCUT2D eigenvalue weighted by atomic mass is 10.1. The number of benzene rings is 1. The molecule has 2 rings (SSSR count). The van der Waals surface area contributed by atoms with E-state index in [0.29, 0.717) is 10.4 Å². The maximum atomic E-state index is 11.0. The molecule has 0 unspecified atom stereocenters. The van der Waals surface area contributed by atoms with E-state index in [1.54, 1.807) is 12.1 Å². The predicted molar refractivity (Wildman–Crippen MR) is 78.5 cm³/mol. The summed E-state index contributed by atoms with van der Waals surface area (Å²) in [6.45, 7) is 0.185. The lowest BCUT2D eigenvalue weighted by Gasteiger charge is -2.26. The molecule has 8 heteroatoms. The molecule has 2 atom stereocenters. The lowest BCUT2D eigenvalue weighted by Crippen LogP contribution is -2.31. The molecule has 0 spiro atoms. The van der Waals surface area contributed by atoms with Gasteiger partial charge in [-0.1, -0.05) is 39.7 Å². The zero-order valence-corrected chi connectivity index (χ0v) is 13.9. The first kappa shape index (κ1) is 16.2. The Labute approximate surface area is 131 Å². The number of halogens is 2. The smallest absolute Gasteiger partial charge is 0.264 e. The Hall–Kier alpha value is -0.180. The fourth-order valence-corrected chi connectivity index (χ4v) is 2.99. The van der Waals surface area contributed by atoms with Crippen LogP contribution in [0.1, 0.15) is 5.56 Å². The van der Waals surface area contributed by atoms with Crippen LogP contribution in [-0.4, -0.2) is 39.3 Å². The molecule has 1 saturated heterocycles. The van der Waals surface area contributed by atoms with Crippen LogP contribution in [0.25, 0.3) is 0 Å². The Bertz CT molecular complexity index is 562. The van der Waals surface area contributed by atoms with E-state index in [2.05, 4.69) is 15.9 Å². The fourth-order valence-electron chi connectivity index (χ4n) is 1.85. The van der Waals surface area contributed by atoms with Gasteiger partial charge in [0.1, 0.15) is 6.10 Å². The van der Waals surface area contributed by atoms with Gasteiger partial charge in [-0.2, -0.15) is 8.42 Å². The Balaban J connectivity index is 2.09. The first-order chi connectivity index (χ1) is 9.35. The zero-order valence-electron chi connectivity index (χ0n) is 10.7. The van der Waals surface area contributed by atoms with Crippen molar-refractivity contribution in [3.05, 3.63) is 34.9 Å². The third kappa shape index (κ3) is 3.93. The first-order valence-electron chi connectivity index (χ1n) is 5.83. The Kier molecular flexibility index (Phi) is 5.09. The largest absolute Gasteiger partial charge is 0.342 e. The summed E-state index contributed by atoms with van der Waals surface area (Å²) in [6.07, 6.45) is 0.553. The molecule has 112 valence electrons. The minimum atomic E-state index is -3.49. The summed E-state index contributed by atoms with van der Waals surface area (Å²) in [5, 5.41) is 1.03. The van der Waals surface area contributed by atoms with Gasteiger partial charge in [-0.3, -0.25) is 4.18 Å². The highest BCUT2D eigenvalue weighted by Crippen LogP contribution is 2.36. The molecule has 0 N–H and O–H groups in total. The van der Waals surface area contributed by atoms with E-state index in [-0.39, 0.29) is 13.2 Å². The van der Waals surface area contributed by atoms with Crippen molar-refractivity contribution in [1.29, 1.82) is 0 Å². The van der Waals surface area contributed by atoms with Crippen LogP contribution in [-0.2, 0) is 29.6 Å². The van der Waals surface area contributed by atoms with Crippen molar-refractivity contribution in [2.45, 2.75) is 11.9 Å². The van der Waals surface area contributed by atoms with E-state index in [4.69, 9.17) is 25.3 Å². The van der Waals surface area contributed by atoms with Crippen molar-refractivity contribution in [3.63, 3.8) is 0 Å². The van der Waals surface area contributed by atoms with Gasteiger partial charge in [0.05, 0.1) is 24.8 Å². The molecule has 1 aromatic carbocycles. The van der Waals surface area contributed by atoms with Gasteiger partial charge >= 0.3 is 0 Å². The van der Waals surface area contributed by atoms with Crippen molar-refractivity contribution in [3.8, 4) is 0 Å². The van der Waals surface area contributed by atoms with E-state index in [9.17, 15) is 8.42 Å². The molecule has 0 radical (unpaired) electrons. The normalized spacial score (nSPS) is 26.9. The standard InChI is InChI=1S/C12H14BrClO5S/c1-20(15,16)18-7-11-6-17-12(8-13,19-11)9-2-4-10(14)5-3-9/h2-5,11H,6-8H2,1H3/t11-,12-/m0/s1. The van der Waals surface area contributed by atoms with Crippen molar-refractivity contribution < 1.29 is 22.1 Å². The van der Waals surface area contributed by atoms with E-state index < -0.39 is 22.0 Å². The van der Waals surface area contributed by atoms with Crippen LogP contribution in [0.5, 0.6) is 0 Å². The van der Waals surface area contributed by atoms with Crippen LogP contribution < -0.4 is 0 Å². The maximum Gasteiger partial charge on any atom is 0.264 e. The van der Waals surface area contributed by atoms with Gasteiger partial charge in [0, 0.05) is 10.6 Å². The second kappa shape index (κ2) is 6.29. The number of hydrogen-bond donors (Lipinski definition) is 0. The van der Waals surface area contributed by atoms with E-state index >= 15 is 0 Å². The minimum Gasteiger partial charge on any atom is -0.342 e. The Morgan fingerprint density at radius 3 is 2.65 bits per heavy atom. The second-order valence-electron chi connectivity index (χ2n) is 4.43. The lowest BCUT2D eigenvalue weighted by molar-refractivity contribution is -0.159. The van der Waals surface area contributed by atoms with Gasteiger partial charge in [-0.25, -0.2) is 0 Å². The molecule has 0 saturated carbocycles. The van der Waals surface area contributed by atoms with Gasteiger partial charge in [0.15, 0.2) is 0 Å². The molecule has 1 heterocycles. The number of ether oxygens (including phenoxy) is 2. The summed E-state index contributed by atoms with van der Waals surface area (Å²) in [4.78, 5) is 0. The molecular formula is C12H14BrClO5S. The van der Waals surface area contributed by atoms with Crippen molar-refractivity contribution >= 4 is 37.6 Å².